The summed E-state index contributed by atoms with van der Waals surface area (Å²) in [6, 6.07) is 5.82. The highest BCUT2D eigenvalue weighted by atomic mass is 79.9. The van der Waals surface area contributed by atoms with Crippen LogP contribution < -0.4 is 10.5 Å². The van der Waals surface area contributed by atoms with Crippen LogP contribution in [-0.2, 0) is 0 Å². The van der Waals surface area contributed by atoms with Crippen LogP contribution in [0.4, 0.5) is 0 Å². The molecule has 1 aromatic carbocycles. The lowest BCUT2D eigenvalue weighted by Crippen LogP contribution is -2.05. The Labute approximate surface area is 98.4 Å². The lowest BCUT2D eigenvalue weighted by molar-refractivity contribution is 0.233. The van der Waals surface area contributed by atoms with Gasteiger partial charge in [0.05, 0.1) is 11.1 Å². The van der Waals surface area contributed by atoms with Crippen molar-refractivity contribution in [1.29, 1.82) is 0 Å². The molecule has 0 saturated heterocycles. The molecular weight excluding hydrogens is 258 g/mol. The van der Waals surface area contributed by atoms with E-state index in [1.54, 1.807) is 0 Å². The van der Waals surface area contributed by atoms with Gasteiger partial charge < -0.3 is 15.6 Å². The minimum Gasteiger partial charge on any atom is -0.492 e. The fourth-order valence-corrected chi connectivity index (χ4v) is 1.68. The molecule has 0 amide bonds. The molecule has 84 valence electrons. The molecule has 0 aliphatic rings. The van der Waals surface area contributed by atoms with Gasteiger partial charge in [-0.1, -0.05) is 6.07 Å². The van der Waals surface area contributed by atoms with Crippen molar-refractivity contribution in [1.82, 2.24) is 0 Å². The number of halogens is 1. The highest BCUT2D eigenvalue weighted by molar-refractivity contribution is 9.10. The number of nitrogens with two attached hydrogens (primary N) is 1. The van der Waals surface area contributed by atoms with E-state index in [1.807, 2.05) is 25.1 Å². The maximum absolute atomic E-state index is 8.62. The van der Waals surface area contributed by atoms with Crippen LogP contribution in [0.15, 0.2) is 22.7 Å². The molecule has 0 aliphatic carbocycles. The molecule has 4 heteroatoms. The third-order valence-electron chi connectivity index (χ3n) is 2.04. The summed E-state index contributed by atoms with van der Waals surface area (Å²) >= 11 is 3.42. The van der Waals surface area contributed by atoms with Gasteiger partial charge in [-0.25, -0.2) is 0 Å². The Morgan fingerprint density at radius 2 is 2.27 bits per heavy atom. The predicted molar refractivity (Wildman–Crippen MR) is 63.9 cm³/mol. The maximum atomic E-state index is 8.62. The van der Waals surface area contributed by atoms with Gasteiger partial charge in [-0.3, -0.25) is 0 Å². The van der Waals surface area contributed by atoms with Crippen LogP contribution in [0.1, 0.15) is 24.9 Å². The molecule has 3 N–H and O–H groups in total. The third kappa shape index (κ3) is 3.81. The van der Waals surface area contributed by atoms with Crippen LogP contribution in [0.5, 0.6) is 5.75 Å². The summed E-state index contributed by atoms with van der Waals surface area (Å²) in [7, 11) is 0. The Bertz CT molecular complexity index is 315. The van der Waals surface area contributed by atoms with Crippen LogP contribution in [-0.4, -0.2) is 18.3 Å². The van der Waals surface area contributed by atoms with Crippen molar-refractivity contribution >= 4 is 15.9 Å². The van der Waals surface area contributed by atoms with Gasteiger partial charge in [-0.2, -0.15) is 0 Å². The molecule has 15 heavy (non-hydrogen) atoms. The Morgan fingerprint density at radius 3 is 2.80 bits per heavy atom. The lowest BCUT2D eigenvalue weighted by atomic mass is 10.1. The first-order valence-electron chi connectivity index (χ1n) is 4.94. The SMILES string of the molecule is C[C@@H](N)c1ccc(OCCCO)c(Br)c1. The van der Waals surface area contributed by atoms with E-state index in [0.717, 1.165) is 15.8 Å². The predicted octanol–water partition coefficient (Wildman–Crippen LogP) is 2.23. The second-order valence-electron chi connectivity index (χ2n) is 3.40. The maximum Gasteiger partial charge on any atom is 0.133 e. The standard InChI is InChI=1S/C11H16BrNO2/c1-8(13)9-3-4-11(10(12)7-9)15-6-2-5-14/h3-4,7-8,14H,2,5-6,13H2,1H3/t8-/m1/s1. The number of ether oxygens (including phenoxy) is 1. The summed E-state index contributed by atoms with van der Waals surface area (Å²) in [5.74, 6) is 0.785. The molecule has 1 aromatic rings. The monoisotopic (exact) mass is 273 g/mol. The Hall–Kier alpha value is -0.580. The molecule has 0 spiro atoms. The van der Waals surface area contributed by atoms with E-state index in [0.29, 0.717) is 13.0 Å². The number of aliphatic hydroxyl groups excluding tert-OH is 1. The smallest absolute Gasteiger partial charge is 0.133 e. The molecule has 0 bridgehead atoms. The fraction of sp³-hybridized carbons (Fsp3) is 0.455. The quantitative estimate of drug-likeness (QED) is 0.809. The Balaban J connectivity index is 2.66. The van der Waals surface area contributed by atoms with Crippen molar-refractivity contribution in [3.63, 3.8) is 0 Å². The zero-order chi connectivity index (χ0) is 11.3. The molecule has 1 atom stereocenters. The van der Waals surface area contributed by atoms with E-state index in [-0.39, 0.29) is 12.6 Å². The van der Waals surface area contributed by atoms with Crippen LogP contribution in [0.2, 0.25) is 0 Å². The minimum atomic E-state index is 0.0211. The molecule has 0 aromatic heterocycles. The second-order valence-corrected chi connectivity index (χ2v) is 4.26. The lowest BCUT2D eigenvalue weighted by Gasteiger charge is -2.10. The molecular formula is C11H16BrNO2. The third-order valence-corrected chi connectivity index (χ3v) is 2.66. The Kier molecular flexibility index (Phi) is 5.08. The Morgan fingerprint density at radius 1 is 1.53 bits per heavy atom. The highest BCUT2D eigenvalue weighted by Crippen LogP contribution is 2.27. The molecule has 0 heterocycles. The average Bonchev–Trinajstić information content (AvgIpc) is 2.20. The van der Waals surface area contributed by atoms with Gasteiger partial charge in [-0.15, -0.1) is 0 Å². The van der Waals surface area contributed by atoms with E-state index in [4.69, 9.17) is 15.6 Å². The molecule has 0 saturated carbocycles. The van der Waals surface area contributed by atoms with Crippen molar-refractivity contribution in [2.75, 3.05) is 13.2 Å². The first kappa shape index (κ1) is 12.5. The molecule has 0 radical (unpaired) electrons. The summed E-state index contributed by atoms with van der Waals surface area (Å²) in [5, 5.41) is 8.62. The van der Waals surface area contributed by atoms with Crippen molar-refractivity contribution in [3.05, 3.63) is 28.2 Å². The zero-order valence-corrected chi connectivity index (χ0v) is 10.3. The van der Waals surface area contributed by atoms with Crippen molar-refractivity contribution in [2.45, 2.75) is 19.4 Å². The molecule has 1 rings (SSSR count). The van der Waals surface area contributed by atoms with Gasteiger partial charge in [0.15, 0.2) is 0 Å². The van der Waals surface area contributed by atoms with Crippen molar-refractivity contribution in [2.24, 2.45) is 5.73 Å². The average molecular weight is 274 g/mol. The number of hydrogen-bond donors (Lipinski definition) is 2. The number of benzene rings is 1. The molecule has 0 fully saturated rings. The summed E-state index contributed by atoms with van der Waals surface area (Å²) in [4.78, 5) is 0. The van der Waals surface area contributed by atoms with Crippen LogP contribution in [0, 0.1) is 0 Å². The summed E-state index contributed by atoms with van der Waals surface area (Å²) in [5.41, 5.74) is 6.83. The van der Waals surface area contributed by atoms with E-state index in [9.17, 15) is 0 Å². The number of hydrogen-bond acceptors (Lipinski definition) is 3. The van der Waals surface area contributed by atoms with E-state index < -0.39 is 0 Å². The van der Waals surface area contributed by atoms with Crippen LogP contribution >= 0.6 is 15.9 Å². The second kappa shape index (κ2) is 6.10. The zero-order valence-electron chi connectivity index (χ0n) is 8.74. The van der Waals surface area contributed by atoms with Crippen molar-refractivity contribution in [3.8, 4) is 5.75 Å². The van der Waals surface area contributed by atoms with Gasteiger partial charge in [0.25, 0.3) is 0 Å². The summed E-state index contributed by atoms with van der Waals surface area (Å²) in [6.07, 6.45) is 0.640. The molecule has 0 aliphatic heterocycles. The van der Waals surface area contributed by atoms with Gasteiger partial charge in [-0.05, 0) is 40.5 Å². The van der Waals surface area contributed by atoms with Crippen molar-refractivity contribution < 1.29 is 9.84 Å². The van der Waals surface area contributed by atoms with Crippen LogP contribution in [0.3, 0.4) is 0 Å². The van der Waals surface area contributed by atoms with E-state index >= 15 is 0 Å². The molecule has 3 nitrogen and oxygen atoms in total. The summed E-state index contributed by atoms with van der Waals surface area (Å²) < 4.78 is 6.36. The minimum absolute atomic E-state index is 0.0211. The number of rotatable bonds is 5. The van der Waals surface area contributed by atoms with Gasteiger partial charge in [0, 0.05) is 19.1 Å². The normalized spacial score (nSPS) is 12.5. The molecule has 0 unspecified atom stereocenters. The first-order valence-corrected chi connectivity index (χ1v) is 5.73. The van der Waals surface area contributed by atoms with Crippen LogP contribution in [0.25, 0.3) is 0 Å². The topological polar surface area (TPSA) is 55.5 Å². The fourth-order valence-electron chi connectivity index (χ4n) is 1.16. The van der Waals surface area contributed by atoms with Gasteiger partial charge in [0.2, 0.25) is 0 Å². The highest BCUT2D eigenvalue weighted by Gasteiger charge is 2.05. The van der Waals surface area contributed by atoms with Gasteiger partial charge >= 0.3 is 0 Å². The number of aliphatic hydroxyl groups is 1. The largest absolute Gasteiger partial charge is 0.492 e. The first-order chi connectivity index (χ1) is 7.15. The van der Waals surface area contributed by atoms with E-state index in [1.165, 1.54) is 0 Å². The summed E-state index contributed by atoms with van der Waals surface area (Å²) in [6.45, 7) is 2.61. The van der Waals surface area contributed by atoms with Gasteiger partial charge in [0.1, 0.15) is 5.75 Å². The van der Waals surface area contributed by atoms with E-state index in [2.05, 4.69) is 15.9 Å².